The van der Waals surface area contributed by atoms with Gasteiger partial charge in [-0.15, -0.1) is 0 Å². The molecule has 3 rings (SSSR count). The van der Waals surface area contributed by atoms with Gasteiger partial charge in [-0.1, -0.05) is 43.3 Å². The topological polar surface area (TPSA) is 55.0 Å². The number of rotatable bonds is 6. The van der Waals surface area contributed by atoms with Crippen molar-refractivity contribution in [1.82, 2.24) is 10.2 Å². The lowest BCUT2D eigenvalue weighted by Crippen LogP contribution is -2.06. The van der Waals surface area contributed by atoms with E-state index in [1.165, 1.54) is 5.56 Å². The highest BCUT2D eigenvalue weighted by Crippen LogP contribution is 2.14. The van der Waals surface area contributed by atoms with E-state index in [1.807, 2.05) is 18.2 Å². The Bertz CT molecular complexity index is 790. The molecule has 0 saturated carbocycles. The zero-order valence-electron chi connectivity index (χ0n) is 13.2. The Hall–Kier alpha value is -2.62. The quantitative estimate of drug-likeness (QED) is 0.705. The molecule has 0 aliphatic heterocycles. The molecule has 4 heteroatoms. The van der Waals surface area contributed by atoms with Gasteiger partial charge in [-0.3, -0.25) is 9.89 Å². The first-order valence-electron chi connectivity index (χ1n) is 7.90. The van der Waals surface area contributed by atoms with E-state index in [0.29, 0.717) is 19.4 Å². The van der Waals surface area contributed by atoms with Crippen molar-refractivity contribution < 1.29 is 9.53 Å². The number of esters is 1. The number of ether oxygens (including phenoxy) is 1. The van der Waals surface area contributed by atoms with Crippen LogP contribution in [0.1, 0.15) is 30.0 Å². The molecule has 0 unspecified atom stereocenters. The van der Waals surface area contributed by atoms with Crippen LogP contribution < -0.4 is 0 Å². The predicted molar refractivity (Wildman–Crippen MR) is 90.0 cm³/mol. The zero-order chi connectivity index (χ0) is 16.1. The fourth-order valence-corrected chi connectivity index (χ4v) is 2.50. The van der Waals surface area contributed by atoms with E-state index in [0.717, 1.165) is 28.5 Å². The van der Waals surface area contributed by atoms with Crippen molar-refractivity contribution in [2.75, 3.05) is 0 Å². The Labute approximate surface area is 135 Å². The zero-order valence-corrected chi connectivity index (χ0v) is 13.2. The first-order valence-corrected chi connectivity index (χ1v) is 7.90. The fourth-order valence-electron chi connectivity index (χ4n) is 2.50. The summed E-state index contributed by atoms with van der Waals surface area (Å²) < 4.78 is 5.35. The summed E-state index contributed by atoms with van der Waals surface area (Å²) in [6, 6.07) is 14.3. The molecule has 0 amide bonds. The highest BCUT2D eigenvalue weighted by molar-refractivity contribution is 5.78. The minimum atomic E-state index is -0.172. The van der Waals surface area contributed by atoms with E-state index in [4.69, 9.17) is 4.74 Å². The maximum atomic E-state index is 11.9. The van der Waals surface area contributed by atoms with Crippen molar-refractivity contribution >= 4 is 16.9 Å². The summed E-state index contributed by atoms with van der Waals surface area (Å²) in [4.78, 5) is 11.9. The lowest BCUT2D eigenvalue weighted by Gasteiger charge is -2.06. The molecular weight excluding hydrogens is 288 g/mol. The van der Waals surface area contributed by atoms with Gasteiger partial charge in [-0.05, 0) is 35.6 Å². The molecule has 0 fully saturated rings. The summed E-state index contributed by atoms with van der Waals surface area (Å²) in [7, 11) is 0. The van der Waals surface area contributed by atoms with Crippen LogP contribution in [0.5, 0.6) is 0 Å². The minimum Gasteiger partial charge on any atom is -0.461 e. The van der Waals surface area contributed by atoms with Crippen LogP contribution in [-0.4, -0.2) is 16.2 Å². The predicted octanol–water partition coefficient (Wildman–Crippen LogP) is 3.80. The highest BCUT2D eigenvalue weighted by Gasteiger charge is 2.05. The van der Waals surface area contributed by atoms with Gasteiger partial charge in [0.1, 0.15) is 6.61 Å². The third kappa shape index (κ3) is 3.97. The van der Waals surface area contributed by atoms with E-state index in [-0.39, 0.29) is 5.97 Å². The number of nitrogens with one attached hydrogen (secondary N) is 1. The summed E-state index contributed by atoms with van der Waals surface area (Å²) >= 11 is 0. The van der Waals surface area contributed by atoms with Gasteiger partial charge in [0.05, 0.1) is 11.7 Å². The van der Waals surface area contributed by atoms with Gasteiger partial charge < -0.3 is 4.74 Å². The number of hydrogen-bond donors (Lipinski definition) is 1. The maximum absolute atomic E-state index is 11.9. The SMILES string of the molecule is CCc1ccc(CCC(=O)OCc2ccc3cn[nH]c3c2)cc1. The van der Waals surface area contributed by atoms with Gasteiger partial charge in [0.25, 0.3) is 0 Å². The second kappa shape index (κ2) is 7.09. The molecule has 0 spiro atoms. The Balaban J connectivity index is 1.48. The average Bonchev–Trinajstić information content (AvgIpc) is 3.06. The highest BCUT2D eigenvalue weighted by atomic mass is 16.5. The lowest BCUT2D eigenvalue weighted by atomic mass is 10.1. The molecule has 0 aliphatic carbocycles. The average molecular weight is 308 g/mol. The molecule has 1 N–H and O–H groups in total. The first-order chi connectivity index (χ1) is 11.2. The number of carbonyl (C=O) groups is 1. The molecule has 23 heavy (non-hydrogen) atoms. The van der Waals surface area contributed by atoms with Crippen LogP contribution in [0.25, 0.3) is 10.9 Å². The van der Waals surface area contributed by atoms with Crippen LogP contribution in [0.3, 0.4) is 0 Å². The van der Waals surface area contributed by atoms with E-state index < -0.39 is 0 Å². The number of benzene rings is 2. The largest absolute Gasteiger partial charge is 0.461 e. The summed E-state index contributed by atoms with van der Waals surface area (Å²) in [5.74, 6) is -0.172. The van der Waals surface area contributed by atoms with Gasteiger partial charge in [0.15, 0.2) is 0 Å². The third-order valence-electron chi connectivity index (χ3n) is 3.96. The van der Waals surface area contributed by atoms with Crippen molar-refractivity contribution in [3.8, 4) is 0 Å². The van der Waals surface area contributed by atoms with Crippen molar-refractivity contribution in [2.45, 2.75) is 32.8 Å². The van der Waals surface area contributed by atoms with E-state index in [1.54, 1.807) is 6.20 Å². The summed E-state index contributed by atoms with van der Waals surface area (Å²) in [6.45, 7) is 2.43. The van der Waals surface area contributed by atoms with E-state index in [9.17, 15) is 4.79 Å². The smallest absolute Gasteiger partial charge is 0.306 e. The molecule has 2 aromatic carbocycles. The monoisotopic (exact) mass is 308 g/mol. The maximum Gasteiger partial charge on any atom is 0.306 e. The summed E-state index contributed by atoms with van der Waals surface area (Å²) in [5, 5.41) is 7.94. The first kappa shape index (κ1) is 15.3. The molecule has 1 aromatic heterocycles. The molecule has 0 atom stereocenters. The number of aromatic amines is 1. The summed E-state index contributed by atoms with van der Waals surface area (Å²) in [5.41, 5.74) is 4.39. The van der Waals surface area contributed by atoms with E-state index in [2.05, 4.69) is 41.4 Å². The molecule has 3 aromatic rings. The van der Waals surface area contributed by atoms with Gasteiger partial charge in [-0.25, -0.2) is 0 Å². The molecule has 0 bridgehead atoms. The van der Waals surface area contributed by atoms with Crippen LogP contribution in [0.15, 0.2) is 48.7 Å². The molecule has 118 valence electrons. The second-order valence-electron chi connectivity index (χ2n) is 5.62. The minimum absolute atomic E-state index is 0.172. The van der Waals surface area contributed by atoms with Gasteiger partial charge in [-0.2, -0.15) is 5.10 Å². The van der Waals surface area contributed by atoms with Crippen LogP contribution in [0, 0.1) is 0 Å². The number of H-pyrrole nitrogens is 1. The van der Waals surface area contributed by atoms with Crippen molar-refractivity contribution in [3.63, 3.8) is 0 Å². The molecule has 0 aliphatic rings. The van der Waals surface area contributed by atoms with Gasteiger partial charge in [0, 0.05) is 11.8 Å². The van der Waals surface area contributed by atoms with Crippen LogP contribution in [0.2, 0.25) is 0 Å². The van der Waals surface area contributed by atoms with Crippen LogP contribution in [-0.2, 0) is 29.0 Å². The number of aromatic nitrogens is 2. The Morgan fingerprint density at radius 1 is 1.09 bits per heavy atom. The van der Waals surface area contributed by atoms with Crippen molar-refractivity contribution in [1.29, 1.82) is 0 Å². The number of hydrogen-bond acceptors (Lipinski definition) is 3. The van der Waals surface area contributed by atoms with Gasteiger partial charge in [0.2, 0.25) is 0 Å². The Morgan fingerprint density at radius 3 is 2.61 bits per heavy atom. The number of nitrogens with zero attached hydrogens (tertiary/aromatic N) is 1. The number of fused-ring (bicyclic) bond motifs is 1. The molecule has 4 nitrogen and oxygen atoms in total. The Morgan fingerprint density at radius 2 is 1.83 bits per heavy atom. The van der Waals surface area contributed by atoms with Crippen LogP contribution >= 0.6 is 0 Å². The molecular formula is C19H20N2O2. The fraction of sp³-hybridized carbons (Fsp3) is 0.263. The van der Waals surface area contributed by atoms with Crippen molar-refractivity contribution in [2.24, 2.45) is 0 Å². The molecule has 0 saturated heterocycles. The standard InChI is InChI=1S/C19H20N2O2/c1-2-14-3-5-15(6-4-14)8-10-19(22)23-13-16-7-9-17-12-20-21-18(17)11-16/h3-7,9,11-12H,2,8,10,13H2,1H3,(H,20,21). The molecule has 1 heterocycles. The van der Waals surface area contributed by atoms with Crippen molar-refractivity contribution in [3.05, 3.63) is 65.4 Å². The van der Waals surface area contributed by atoms with Gasteiger partial charge >= 0.3 is 5.97 Å². The summed E-state index contributed by atoms with van der Waals surface area (Å²) in [6.07, 6.45) is 3.91. The normalized spacial score (nSPS) is 10.8. The Kier molecular flexibility index (Phi) is 4.71. The number of aryl methyl sites for hydroxylation is 2. The van der Waals surface area contributed by atoms with E-state index >= 15 is 0 Å². The second-order valence-corrected chi connectivity index (χ2v) is 5.62. The number of carbonyl (C=O) groups excluding carboxylic acids is 1. The van der Waals surface area contributed by atoms with Crippen LogP contribution in [0.4, 0.5) is 0 Å². The third-order valence-corrected chi connectivity index (χ3v) is 3.96. The molecule has 0 radical (unpaired) electrons. The lowest BCUT2D eigenvalue weighted by molar-refractivity contribution is -0.144.